The highest BCUT2D eigenvalue weighted by molar-refractivity contribution is 6.35. The summed E-state index contributed by atoms with van der Waals surface area (Å²) in [6, 6.07) is 15.4. The Morgan fingerprint density at radius 1 is 1.17 bits per heavy atom. The van der Waals surface area contributed by atoms with Crippen molar-refractivity contribution in [3.05, 3.63) is 81.9 Å². The van der Waals surface area contributed by atoms with Crippen LogP contribution in [0.1, 0.15) is 28.2 Å². The van der Waals surface area contributed by atoms with Crippen LogP contribution in [-0.2, 0) is 6.54 Å². The fourth-order valence-electron chi connectivity index (χ4n) is 2.99. The van der Waals surface area contributed by atoms with Crippen molar-refractivity contribution in [2.24, 2.45) is 4.99 Å². The molecule has 0 unspecified atom stereocenters. The van der Waals surface area contributed by atoms with E-state index >= 15 is 0 Å². The van der Waals surface area contributed by atoms with Gasteiger partial charge in [0.1, 0.15) is 5.82 Å². The summed E-state index contributed by atoms with van der Waals surface area (Å²) < 4.78 is 2.04. The SMILES string of the molecule is Cc1cn2c(n1)CN=C(c1ccccc1Cl)c1cc(C#N)ccc1-2. The number of fused-ring (bicyclic) bond motifs is 3. The molecule has 2 aromatic carbocycles. The van der Waals surface area contributed by atoms with Crippen molar-refractivity contribution < 1.29 is 0 Å². The largest absolute Gasteiger partial charge is 0.301 e. The van der Waals surface area contributed by atoms with E-state index in [2.05, 4.69) is 11.1 Å². The molecule has 24 heavy (non-hydrogen) atoms. The maximum Gasteiger partial charge on any atom is 0.135 e. The fraction of sp³-hybridized carbons (Fsp3) is 0.105. The molecule has 1 aromatic heterocycles. The molecule has 4 nitrogen and oxygen atoms in total. The van der Waals surface area contributed by atoms with Gasteiger partial charge in [0.25, 0.3) is 0 Å². The monoisotopic (exact) mass is 332 g/mol. The van der Waals surface area contributed by atoms with Crippen LogP contribution >= 0.6 is 11.6 Å². The van der Waals surface area contributed by atoms with Gasteiger partial charge in [0.05, 0.1) is 35.3 Å². The molecule has 4 rings (SSSR count). The van der Waals surface area contributed by atoms with E-state index in [4.69, 9.17) is 16.6 Å². The number of nitriles is 1. The lowest BCUT2D eigenvalue weighted by molar-refractivity contribution is 0.878. The van der Waals surface area contributed by atoms with Gasteiger partial charge in [-0.3, -0.25) is 4.99 Å². The first-order valence-electron chi connectivity index (χ1n) is 7.56. The topological polar surface area (TPSA) is 54.0 Å². The first-order chi connectivity index (χ1) is 11.7. The van der Waals surface area contributed by atoms with E-state index in [0.29, 0.717) is 17.1 Å². The van der Waals surface area contributed by atoms with Crippen LogP contribution in [0.2, 0.25) is 5.02 Å². The van der Waals surface area contributed by atoms with Crippen molar-refractivity contribution in [1.82, 2.24) is 9.55 Å². The number of imidazole rings is 1. The Kier molecular flexibility index (Phi) is 3.44. The second-order valence-electron chi connectivity index (χ2n) is 5.66. The van der Waals surface area contributed by atoms with Crippen LogP contribution in [-0.4, -0.2) is 15.3 Å². The van der Waals surface area contributed by atoms with Crippen LogP contribution in [0.3, 0.4) is 0 Å². The number of aliphatic imine (C=N–C) groups is 1. The Balaban J connectivity index is 2.02. The first kappa shape index (κ1) is 14.7. The Hall–Kier alpha value is -2.90. The van der Waals surface area contributed by atoms with Gasteiger partial charge in [-0.15, -0.1) is 0 Å². The van der Waals surface area contributed by atoms with Gasteiger partial charge in [0.15, 0.2) is 0 Å². The number of benzene rings is 2. The molecule has 0 radical (unpaired) electrons. The standard InChI is InChI=1S/C19H13ClN4/c1-12-11-24-17-7-6-13(9-21)8-15(17)19(22-10-18(24)23-12)14-4-2-3-5-16(14)20/h2-8,11H,10H2,1H3. The summed E-state index contributed by atoms with van der Waals surface area (Å²) in [4.78, 5) is 9.33. The molecule has 0 N–H and O–H groups in total. The van der Waals surface area contributed by atoms with E-state index < -0.39 is 0 Å². The maximum atomic E-state index is 9.29. The van der Waals surface area contributed by atoms with Gasteiger partial charge >= 0.3 is 0 Å². The van der Waals surface area contributed by atoms with Crippen LogP contribution in [0.15, 0.2) is 53.7 Å². The fourth-order valence-corrected chi connectivity index (χ4v) is 3.22. The number of hydrogen-bond acceptors (Lipinski definition) is 3. The van der Waals surface area contributed by atoms with Crippen molar-refractivity contribution >= 4 is 17.3 Å². The van der Waals surface area contributed by atoms with Gasteiger partial charge in [-0.1, -0.05) is 29.8 Å². The minimum absolute atomic E-state index is 0.463. The second kappa shape index (κ2) is 5.63. The van der Waals surface area contributed by atoms with Gasteiger partial charge in [-0.2, -0.15) is 5.26 Å². The predicted octanol–water partition coefficient (Wildman–Crippen LogP) is 4.06. The molecular formula is C19H13ClN4. The highest BCUT2D eigenvalue weighted by Crippen LogP contribution is 2.28. The van der Waals surface area contributed by atoms with Crippen molar-refractivity contribution in [3.63, 3.8) is 0 Å². The molecule has 1 aliphatic heterocycles. The lowest BCUT2D eigenvalue weighted by atomic mass is 9.98. The Morgan fingerprint density at radius 3 is 2.79 bits per heavy atom. The van der Waals surface area contributed by atoms with Crippen molar-refractivity contribution in [2.75, 3.05) is 0 Å². The zero-order chi connectivity index (χ0) is 16.7. The molecule has 0 atom stereocenters. The Morgan fingerprint density at radius 2 is 2.00 bits per heavy atom. The van der Waals surface area contributed by atoms with E-state index in [9.17, 15) is 5.26 Å². The minimum atomic E-state index is 0.463. The predicted molar refractivity (Wildman–Crippen MR) is 93.8 cm³/mol. The molecule has 0 saturated heterocycles. The summed E-state index contributed by atoms with van der Waals surface area (Å²) >= 11 is 6.39. The maximum absolute atomic E-state index is 9.29. The third-order valence-corrected chi connectivity index (χ3v) is 4.38. The molecule has 0 saturated carbocycles. The first-order valence-corrected chi connectivity index (χ1v) is 7.94. The van der Waals surface area contributed by atoms with E-state index in [1.165, 1.54) is 0 Å². The number of nitrogens with zero attached hydrogens (tertiary/aromatic N) is 4. The quantitative estimate of drug-likeness (QED) is 0.675. The highest BCUT2D eigenvalue weighted by atomic mass is 35.5. The third kappa shape index (κ3) is 2.31. The van der Waals surface area contributed by atoms with E-state index in [0.717, 1.165) is 34.0 Å². The van der Waals surface area contributed by atoms with Crippen LogP contribution < -0.4 is 0 Å². The number of rotatable bonds is 1. The van der Waals surface area contributed by atoms with Crippen molar-refractivity contribution in [2.45, 2.75) is 13.5 Å². The summed E-state index contributed by atoms with van der Waals surface area (Å²) in [6.07, 6.45) is 1.99. The molecule has 0 bridgehead atoms. The van der Waals surface area contributed by atoms with Crippen molar-refractivity contribution in [3.8, 4) is 11.8 Å². The normalized spacial score (nSPS) is 12.6. The summed E-state index contributed by atoms with van der Waals surface area (Å²) in [5.74, 6) is 0.875. The number of hydrogen-bond donors (Lipinski definition) is 0. The lowest BCUT2D eigenvalue weighted by Gasteiger charge is -2.13. The van der Waals surface area contributed by atoms with E-state index in [-0.39, 0.29) is 0 Å². The molecule has 3 aromatic rings. The molecule has 1 aliphatic rings. The Labute approximate surface area is 144 Å². The molecule has 0 aliphatic carbocycles. The highest BCUT2D eigenvalue weighted by Gasteiger charge is 2.21. The average molecular weight is 333 g/mol. The molecule has 116 valence electrons. The summed E-state index contributed by atoms with van der Waals surface area (Å²) in [6.45, 7) is 2.43. The zero-order valence-corrected chi connectivity index (χ0v) is 13.7. The van der Waals surface area contributed by atoms with Gasteiger partial charge in [-0.05, 0) is 31.2 Å². The Bertz CT molecular complexity index is 1020. The summed E-state index contributed by atoms with van der Waals surface area (Å²) in [5, 5.41) is 9.92. The lowest BCUT2D eigenvalue weighted by Crippen LogP contribution is -2.08. The average Bonchev–Trinajstić information content (AvgIpc) is 2.90. The minimum Gasteiger partial charge on any atom is -0.301 e. The number of aromatic nitrogens is 2. The van der Waals surface area contributed by atoms with Gasteiger partial charge in [0.2, 0.25) is 0 Å². The van der Waals surface area contributed by atoms with Crippen molar-refractivity contribution in [1.29, 1.82) is 5.26 Å². The summed E-state index contributed by atoms with van der Waals surface area (Å²) in [5.41, 5.74) is 5.03. The number of aryl methyl sites for hydroxylation is 1. The van der Waals surface area contributed by atoms with Gasteiger partial charge in [-0.25, -0.2) is 4.98 Å². The van der Waals surface area contributed by atoms with Gasteiger partial charge < -0.3 is 4.57 Å². The molecule has 0 spiro atoms. The molecule has 5 heteroatoms. The zero-order valence-electron chi connectivity index (χ0n) is 13.0. The van der Waals surface area contributed by atoms with Crippen LogP contribution in [0.4, 0.5) is 0 Å². The van der Waals surface area contributed by atoms with Crippen LogP contribution in [0.25, 0.3) is 5.69 Å². The van der Waals surface area contributed by atoms with Gasteiger partial charge in [0, 0.05) is 22.3 Å². The summed E-state index contributed by atoms with van der Waals surface area (Å²) in [7, 11) is 0. The van der Waals surface area contributed by atoms with E-state index in [1.807, 2.05) is 60.2 Å². The van der Waals surface area contributed by atoms with Crippen LogP contribution in [0.5, 0.6) is 0 Å². The molecule has 0 fully saturated rings. The second-order valence-corrected chi connectivity index (χ2v) is 6.06. The van der Waals surface area contributed by atoms with E-state index in [1.54, 1.807) is 0 Å². The molecule has 2 heterocycles. The van der Waals surface area contributed by atoms with Crippen LogP contribution in [0, 0.1) is 18.3 Å². The molecular weight excluding hydrogens is 320 g/mol. The molecule has 0 amide bonds. The third-order valence-electron chi connectivity index (χ3n) is 4.05. The smallest absolute Gasteiger partial charge is 0.135 e. The number of halogens is 1.